The Morgan fingerprint density at radius 3 is 1.90 bits per heavy atom. The molecule has 0 atom stereocenters. The number of para-hydroxylation sites is 1. The number of nitrogens with zero attached hydrogens (tertiary/aromatic N) is 2. The highest BCUT2D eigenvalue weighted by molar-refractivity contribution is 6.08. The highest BCUT2D eigenvalue weighted by Crippen LogP contribution is 2.19. The molecule has 4 aromatic carbocycles. The second-order valence-corrected chi connectivity index (χ2v) is 8.35. The maximum Gasteiger partial charge on any atom is 0.309 e. The van der Waals surface area contributed by atoms with Crippen molar-refractivity contribution in [3.63, 3.8) is 0 Å². The van der Waals surface area contributed by atoms with E-state index in [1.54, 1.807) is 36.4 Å². The van der Waals surface area contributed by atoms with Crippen LogP contribution in [-0.4, -0.2) is 36.2 Å². The lowest BCUT2D eigenvalue weighted by Gasteiger charge is -2.11. The van der Waals surface area contributed by atoms with Crippen molar-refractivity contribution in [2.24, 2.45) is 10.3 Å². The van der Waals surface area contributed by atoms with Gasteiger partial charge >= 0.3 is 5.97 Å². The molecule has 0 radical (unpaired) electrons. The molecule has 0 saturated carbocycles. The summed E-state index contributed by atoms with van der Waals surface area (Å²) in [6.45, 7) is 0.622. The summed E-state index contributed by atoms with van der Waals surface area (Å²) in [5, 5.41) is 17.4. The Labute approximate surface area is 226 Å². The zero-order valence-electron chi connectivity index (χ0n) is 21.4. The van der Waals surface area contributed by atoms with Gasteiger partial charge in [0.2, 0.25) is 0 Å². The molecule has 0 spiro atoms. The van der Waals surface area contributed by atoms with Gasteiger partial charge in [0.15, 0.2) is 5.75 Å². The van der Waals surface area contributed by atoms with Gasteiger partial charge in [0.25, 0.3) is 0 Å². The minimum atomic E-state index is -1.000. The normalized spacial score (nSPS) is 11.5. The molecular weight excluding hydrogens is 496 g/mol. The summed E-state index contributed by atoms with van der Waals surface area (Å²) in [4.78, 5) is 21.7. The second kappa shape index (κ2) is 14.0. The van der Waals surface area contributed by atoms with E-state index in [-0.39, 0.29) is 13.0 Å². The quantitative estimate of drug-likeness (QED) is 0.171. The second-order valence-electron chi connectivity index (χ2n) is 8.35. The number of carboxylic acid groups (broad SMARTS) is 1. The lowest BCUT2D eigenvalue weighted by atomic mass is 10.1. The zero-order chi connectivity index (χ0) is 27.3. The fourth-order valence-corrected chi connectivity index (χ4v) is 3.57. The van der Waals surface area contributed by atoms with E-state index in [0.717, 1.165) is 11.1 Å². The molecule has 0 saturated heterocycles. The van der Waals surface area contributed by atoms with E-state index in [1.807, 2.05) is 72.8 Å². The lowest BCUT2D eigenvalue weighted by molar-refractivity contribution is -0.135. The van der Waals surface area contributed by atoms with E-state index in [4.69, 9.17) is 19.1 Å². The fraction of sp³-hybridized carbons (Fsp3) is 0.129. The maximum atomic E-state index is 11.3. The van der Waals surface area contributed by atoms with E-state index >= 15 is 0 Å². The Morgan fingerprint density at radius 1 is 0.667 bits per heavy atom. The molecule has 0 unspecified atom stereocenters. The van der Waals surface area contributed by atoms with E-state index in [2.05, 4.69) is 10.3 Å². The summed E-state index contributed by atoms with van der Waals surface area (Å²) in [6.07, 6.45) is -0.272. The highest BCUT2D eigenvalue weighted by atomic mass is 16.6. The Bertz CT molecular complexity index is 1390. The van der Waals surface area contributed by atoms with Crippen molar-refractivity contribution >= 4 is 17.4 Å². The molecular formula is C31H28N2O6. The van der Waals surface area contributed by atoms with Crippen LogP contribution in [-0.2, 0) is 16.2 Å². The Hall–Kier alpha value is -5.11. The maximum absolute atomic E-state index is 11.3. The van der Waals surface area contributed by atoms with Crippen LogP contribution in [0.15, 0.2) is 120 Å². The summed E-state index contributed by atoms with van der Waals surface area (Å²) < 4.78 is 11.8. The molecule has 0 aromatic heterocycles. The number of carboxylic acids is 1. The summed E-state index contributed by atoms with van der Waals surface area (Å²) in [7, 11) is 1.51. The summed E-state index contributed by atoms with van der Waals surface area (Å²) >= 11 is 0. The van der Waals surface area contributed by atoms with E-state index in [1.165, 1.54) is 7.11 Å². The molecule has 0 fully saturated rings. The molecule has 0 amide bonds. The Balaban J connectivity index is 1.32. The molecule has 39 heavy (non-hydrogen) atoms. The van der Waals surface area contributed by atoms with E-state index in [0.29, 0.717) is 40.8 Å². The molecule has 4 aromatic rings. The van der Waals surface area contributed by atoms with Crippen LogP contribution in [0.2, 0.25) is 0 Å². The summed E-state index contributed by atoms with van der Waals surface area (Å²) in [5.74, 6) is 0.865. The third kappa shape index (κ3) is 8.46. The van der Waals surface area contributed by atoms with Gasteiger partial charge in [-0.25, -0.2) is 0 Å². The number of aliphatic carboxylic acids is 1. The number of carbonyl (C=O) groups is 1. The smallest absolute Gasteiger partial charge is 0.309 e. The molecule has 198 valence electrons. The van der Waals surface area contributed by atoms with Gasteiger partial charge in [-0.2, -0.15) is 0 Å². The zero-order valence-corrected chi connectivity index (χ0v) is 21.4. The number of hydrogen-bond donors (Lipinski definition) is 1. The Kier molecular flexibility index (Phi) is 9.67. The first-order valence-corrected chi connectivity index (χ1v) is 12.2. The number of rotatable bonds is 13. The van der Waals surface area contributed by atoms with E-state index in [9.17, 15) is 9.90 Å². The van der Waals surface area contributed by atoms with Crippen LogP contribution in [0.25, 0.3) is 0 Å². The highest BCUT2D eigenvalue weighted by Gasteiger charge is 2.11. The van der Waals surface area contributed by atoms with Crippen molar-refractivity contribution in [1.82, 2.24) is 0 Å². The van der Waals surface area contributed by atoms with Gasteiger partial charge in [-0.15, -0.1) is 0 Å². The van der Waals surface area contributed by atoms with Crippen molar-refractivity contribution < 1.29 is 29.0 Å². The number of hydrogen-bond acceptors (Lipinski definition) is 7. The van der Waals surface area contributed by atoms with Gasteiger partial charge in [-0.1, -0.05) is 71.0 Å². The molecule has 0 aliphatic heterocycles. The molecule has 0 heterocycles. The first kappa shape index (κ1) is 26.9. The molecule has 0 bridgehead atoms. The van der Waals surface area contributed by atoms with Gasteiger partial charge < -0.3 is 24.3 Å². The predicted octanol–water partition coefficient (Wildman–Crippen LogP) is 5.95. The Morgan fingerprint density at radius 2 is 1.26 bits per heavy atom. The average molecular weight is 525 g/mol. The third-order valence-corrected chi connectivity index (χ3v) is 5.52. The predicted molar refractivity (Wildman–Crippen MR) is 149 cm³/mol. The molecule has 4 rings (SSSR count). The van der Waals surface area contributed by atoms with Crippen LogP contribution in [0.1, 0.15) is 23.1 Å². The van der Waals surface area contributed by atoms with Crippen molar-refractivity contribution in [2.45, 2.75) is 13.0 Å². The average Bonchev–Trinajstić information content (AvgIpc) is 2.98. The lowest BCUT2D eigenvalue weighted by Crippen LogP contribution is -2.13. The van der Waals surface area contributed by atoms with Gasteiger partial charge in [0.1, 0.15) is 37.5 Å². The molecule has 8 nitrogen and oxygen atoms in total. The van der Waals surface area contributed by atoms with Crippen molar-refractivity contribution in [3.05, 3.63) is 126 Å². The third-order valence-electron chi connectivity index (χ3n) is 5.52. The summed E-state index contributed by atoms with van der Waals surface area (Å²) in [6, 6.07) is 33.4. The molecule has 1 N–H and O–H groups in total. The first-order valence-electron chi connectivity index (χ1n) is 12.2. The van der Waals surface area contributed by atoms with Crippen molar-refractivity contribution in [3.8, 4) is 17.2 Å². The van der Waals surface area contributed by atoms with Gasteiger partial charge in [-0.05, 0) is 54.1 Å². The largest absolute Gasteiger partial charge is 0.489 e. The monoisotopic (exact) mass is 524 g/mol. The van der Waals surface area contributed by atoms with Gasteiger partial charge in [0, 0.05) is 11.1 Å². The minimum Gasteiger partial charge on any atom is -0.489 e. The van der Waals surface area contributed by atoms with Crippen LogP contribution < -0.4 is 14.3 Å². The van der Waals surface area contributed by atoms with Crippen LogP contribution in [0.3, 0.4) is 0 Å². The number of ether oxygens (including phenoxy) is 2. The molecule has 0 aliphatic rings. The number of oxime groups is 2. The van der Waals surface area contributed by atoms with E-state index < -0.39 is 5.97 Å². The summed E-state index contributed by atoms with van der Waals surface area (Å²) in [5.41, 5.74) is 3.52. The topological polar surface area (TPSA) is 98.9 Å². The number of benzene rings is 4. The van der Waals surface area contributed by atoms with Gasteiger partial charge in [0.05, 0.1) is 12.1 Å². The van der Waals surface area contributed by atoms with Crippen molar-refractivity contribution in [1.29, 1.82) is 0 Å². The van der Waals surface area contributed by atoms with Gasteiger partial charge in [-0.3, -0.25) is 4.79 Å². The van der Waals surface area contributed by atoms with Crippen LogP contribution in [0, 0.1) is 0 Å². The first-order chi connectivity index (χ1) is 19.1. The fourth-order valence-electron chi connectivity index (χ4n) is 3.57. The molecule has 0 aliphatic carbocycles. The van der Waals surface area contributed by atoms with Crippen LogP contribution >= 0.6 is 0 Å². The van der Waals surface area contributed by atoms with Crippen LogP contribution in [0.5, 0.6) is 17.2 Å². The standard InChI is InChI=1S/C31H28N2O6/c1-36-32-30(24-8-4-2-5-9-24)22-38-26-16-12-23(13-17-26)21-37-27-18-14-25(15-19-27)29(20-31(34)35)33-39-28-10-6-3-7-11-28/h2-19H,20-22H2,1H3,(H,34,35)/b32-30+,33-29+. The SMILES string of the molecule is CO/N=C(\COc1ccc(COc2ccc(/C(CC(=O)O)=N/Oc3ccccc3)cc2)cc1)c1ccccc1. The minimum absolute atomic E-state index is 0.267. The van der Waals surface area contributed by atoms with Crippen molar-refractivity contribution in [2.75, 3.05) is 13.7 Å². The molecule has 8 heteroatoms. The van der Waals surface area contributed by atoms with Crippen LogP contribution in [0.4, 0.5) is 0 Å².